The van der Waals surface area contributed by atoms with E-state index in [4.69, 9.17) is 0 Å². The molecule has 0 saturated heterocycles. The minimum Gasteiger partial charge on any atom is -0.376 e. The number of hydrogen-bond acceptors (Lipinski definition) is 2. The van der Waals surface area contributed by atoms with Gasteiger partial charge < -0.3 is 5.11 Å². The van der Waals surface area contributed by atoms with Crippen LogP contribution in [0.4, 0.5) is 0 Å². The summed E-state index contributed by atoms with van der Waals surface area (Å²) in [4.78, 5) is 4.37. The van der Waals surface area contributed by atoms with Crippen molar-refractivity contribution in [3.63, 3.8) is 0 Å². The van der Waals surface area contributed by atoms with E-state index in [2.05, 4.69) is 4.98 Å². The molecule has 0 aliphatic carbocycles. The number of rotatable bonds is 3. The molecule has 0 aliphatic heterocycles. The summed E-state index contributed by atoms with van der Waals surface area (Å²) >= 11 is 0. The molecule has 2 heteroatoms. The van der Waals surface area contributed by atoms with Crippen LogP contribution in [-0.2, 0) is 5.60 Å². The van der Waals surface area contributed by atoms with Gasteiger partial charge in [0.1, 0.15) is 5.60 Å². The molecule has 1 N–H and O–H groups in total. The molecule has 3 aromatic carbocycles. The Morgan fingerprint density at radius 1 is 0.625 bits per heavy atom. The van der Waals surface area contributed by atoms with Crippen LogP contribution in [0.5, 0.6) is 0 Å². The number of hydrogen-bond donors (Lipinski definition) is 1. The minimum absolute atomic E-state index is 0.790. The Labute approximate surface area is 141 Å². The smallest absolute Gasteiger partial charge is 0.142 e. The van der Waals surface area contributed by atoms with E-state index in [0.29, 0.717) is 0 Å². The maximum Gasteiger partial charge on any atom is 0.142 e. The van der Waals surface area contributed by atoms with Gasteiger partial charge in [0.2, 0.25) is 0 Å². The van der Waals surface area contributed by atoms with Crippen molar-refractivity contribution in [3.05, 3.63) is 114 Å². The second-order valence-corrected chi connectivity index (χ2v) is 5.85. The van der Waals surface area contributed by atoms with Crippen LogP contribution in [-0.4, -0.2) is 10.1 Å². The number of fused-ring (bicyclic) bond motifs is 1. The average Bonchev–Trinajstić information content (AvgIpc) is 2.68. The second kappa shape index (κ2) is 5.91. The predicted octanol–water partition coefficient (Wildman–Crippen LogP) is 4.52. The Hall–Kier alpha value is -2.97. The van der Waals surface area contributed by atoms with Crippen molar-refractivity contribution in [2.45, 2.75) is 5.60 Å². The van der Waals surface area contributed by atoms with Gasteiger partial charge in [-0.25, -0.2) is 0 Å². The maximum atomic E-state index is 11.9. The lowest BCUT2D eigenvalue weighted by atomic mass is 9.79. The third-order valence-corrected chi connectivity index (χ3v) is 4.44. The largest absolute Gasteiger partial charge is 0.376 e. The Balaban J connectivity index is 2.07. The third kappa shape index (κ3) is 2.29. The van der Waals surface area contributed by atoms with Gasteiger partial charge in [-0.15, -0.1) is 0 Å². The number of aromatic nitrogens is 1. The first-order chi connectivity index (χ1) is 11.8. The van der Waals surface area contributed by atoms with Crippen LogP contribution in [0.25, 0.3) is 10.8 Å². The normalized spacial score (nSPS) is 11.5. The lowest BCUT2D eigenvalue weighted by Crippen LogP contribution is -2.29. The van der Waals surface area contributed by atoms with Crippen LogP contribution in [0.3, 0.4) is 0 Å². The summed E-state index contributed by atoms with van der Waals surface area (Å²) in [5.74, 6) is 0. The van der Waals surface area contributed by atoms with E-state index in [9.17, 15) is 5.11 Å². The number of pyridine rings is 1. The molecular formula is C22H17NO. The molecule has 0 aliphatic rings. The Morgan fingerprint density at radius 2 is 1.17 bits per heavy atom. The zero-order valence-corrected chi connectivity index (χ0v) is 13.1. The van der Waals surface area contributed by atoms with Crippen LogP contribution >= 0.6 is 0 Å². The molecule has 0 radical (unpaired) electrons. The lowest BCUT2D eigenvalue weighted by Gasteiger charge is -2.30. The van der Waals surface area contributed by atoms with Crippen molar-refractivity contribution in [2.24, 2.45) is 0 Å². The van der Waals surface area contributed by atoms with Gasteiger partial charge in [-0.05, 0) is 16.5 Å². The highest BCUT2D eigenvalue weighted by Crippen LogP contribution is 2.39. The molecule has 4 aromatic rings. The first-order valence-electron chi connectivity index (χ1n) is 7.97. The van der Waals surface area contributed by atoms with E-state index in [1.54, 1.807) is 6.20 Å². The fourth-order valence-electron chi connectivity index (χ4n) is 3.24. The van der Waals surface area contributed by atoms with Gasteiger partial charge in [0.25, 0.3) is 0 Å². The molecule has 0 atom stereocenters. The van der Waals surface area contributed by atoms with Gasteiger partial charge in [0, 0.05) is 23.3 Å². The molecule has 4 rings (SSSR count). The molecule has 116 valence electrons. The number of nitrogens with zero attached hydrogens (tertiary/aromatic N) is 1. The first-order valence-corrected chi connectivity index (χ1v) is 7.97. The third-order valence-electron chi connectivity index (χ3n) is 4.44. The lowest BCUT2D eigenvalue weighted by molar-refractivity contribution is 0.127. The van der Waals surface area contributed by atoms with Crippen molar-refractivity contribution in [1.29, 1.82) is 0 Å². The van der Waals surface area contributed by atoms with Gasteiger partial charge in [0.05, 0.1) is 0 Å². The summed E-state index contributed by atoms with van der Waals surface area (Å²) in [6, 6.07) is 27.5. The van der Waals surface area contributed by atoms with Crippen LogP contribution < -0.4 is 0 Å². The molecule has 0 saturated carbocycles. The van der Waals surface area contributed by atoms with E-state index in [0.717, 1.165) is 27.5 Å². The number of benzene rings is 3. The molecule has 0 amide bonds. The summed E-state index contributed by atoms with van der Waals surface area (Å²) in [7, 11) is 0. The Morgan fingerprint density at radius 3 is 1.79 bits per heavy atom. The summed E-state index contributed by atoms with van der Waals surface area (Å²) in [5.41, 5.74) is 1.19. The van der Waals surface area contributed by atoms with Crippen molar-refractivity contribution in [3.8, 4) is 0 Å². The zero-order chi connectivity index (χ0) is 16.4. The maximum absolute atomic E-state index is 11.9. The van der Waals surface area contributed by atoms with E-state index < -0.39 is 5.60 Å². The highest BCUT2D eigenvalue weighted by Gasteiger charge is 2.35. The average molecular weight is 311 g/mol. The molecule has 24 heavy (non-hydrogen) atoms. The van der Waals surface area contributed by atoms with Crippen molar-refractivity contribution < 1.29 is 5.11 Å². The molecule has 0 bridgehead atoms. The topological polar surface area (TPSA) is 33.1 Å². The predicted molar refractivity (Wildman–Crippen MR) is 96.7 cm³/mol. The quantitative estimate of drug-likeness (QED) is 0.603. The second-order valence-electron chi connectivity index (χ2n) is 5.85. The fourth-order valence-corrected chi connectivity index (χ4v) is 3.24. The molecule has 2 nitrogen and oxygen atoms in total. The Bertz CT molecular complexity index is 920. The molecule has 0 fully saturated rings. The fraction of sp³-hybridized carbons (Fsp3) is 0.0455. The Kier molecular flexibility index (Phi) is 3.60. The van der Waals surface area contributed by atoms with Crippen molar-refractivity contribution in [2.75, 3.05) is 0 Å². The van der Waals surface area contributed by atoms with Crippen LogP contribution in [0.15, 0.2) is 97.3 Å². The highest BCUT2D eigenvalue weighted by molar-refractivity contribution is 5.86. The summed E-state index contributed by atoms with van der Waals surface area (Å²) in [6.45, 7) is 0. The molecule has 0 spiro atoms. The van der Waals surface area contributed by atoms with Crippen LogP contribution in [0.2, 0.25) is 0 Å². The molecular weight excluding hydrogens is 294 g/mol. The van der Waals surface area contributed by atoms with Gasteiger partial charge in [-0.2, -0.15) is 0 Å². The standard InChI is InChI=1S/C22H17NO/c24-22(18-10-3-1-4-11-18,19-12-5-2-6-13-19)21-16-23-15-17-9-7-8-14-20(17)21/h1-16,24H. The zero-order valence-electron chi connectivity index (χ0n) is 13.1. The van der Waals surface area contributed by atoms with Gasteiger partial charge >= 0.3 is 0 Å². The first kappa shape index (κ1) is 14.6. The monoisotopic (exact) mass is 311 g/mol. The summed E-state index contributed by atoms with van der Waals surface area (Å²) in [5, 5.41) is 13.9. The SMILES string of the molecule is OC(c1ccccc1)(c1ccccc1)c1cncc2ccccc12. The molecule has 0 unspecified atom stereocenters. The van der Waals surface area contributed by atoms with Gasteiger partial charge in [-0.1, -0.05) is 84.9 Å². The molecule has 1 aromatic heterocycles. The molecule has 1 heterocycles. The van der Waals surface area contributed by atoms with Crippen LogP contribution in [0, 0.1) is 0 Å². The van der Waals surface area contributed by atoms with E-state index in [1.807, 2.05) is 91.1 Å². The number of aliphatic hydroxyl groups is 1. The van der Waals surface area contributed by atoms with E-state index in [1.165, 1.54) is 0 Å². The minimum atomic E-state index is -1.25. The van der Waals surface area contributed by atoms with Crippen molar-refractivity contribution in [1.82, 2.24) is 4.98 Å². The van der Waals surface area contributed by atoms with Crippen molar-refractivity contribution >= 4 is 10.8 Å². The summed E-state index contributed by atoms with van der Waals surface area (Å²) in [6.07, 6.45) is 3.59. The van der Waals surface area contributed by atoms with Gasteiger partial charge in [0.15, 0.2) is 0 Å². The van der Waals surface area contributed by atoms with E-state index in [-0.39, 0.29) is 0 Å². The van der Waals surface area contributed by atoms with Gasteiger partial charge in [-0.3, -0.25) is 4.98 Å². The van der Waals surface area contributed by atoms with Crippen LogP contribution in [0.1, 0.15) is 16.7 Å². The summed E-state index contributed by atoms with van der Waals surface area (Å²) < 4.78 is 0. The highest BCUT2D eigenvalue weighted by atomic mass is 16.3. The van der Waals surface area contributed by atoms with E-state index >= 15 is 0 Å².